The fourth-order valence-corrected chi connectivity index (χ4v) is 1.22. The van der Waals surface area contributed by atoms with E-state index < -0.39 is 4.92 Å². The largest absolute Gasteiger partial charge is 0.419 e. The molecule has 0 unspecified atom stereocenters. The molecule has 3 N–H and O–H groups in total. The molecule has 0 saturated heterocycles. The van der Waals surface area contributed by atoms with Crippen LogP contribution in [-0.2, 0) is 0 Å². The summed E-state index contributed by atoms with van der Waals surface area (Å²) in [4.78, 5) is 13.9. The van der Waals surface area contributed by atoms with Crippen molar-refractivity contribution in [3.05, 3.63) is 34.0 Å². The van der Waals surface area contributed by atoms with Gasteiger partial charge in [0.05, 0.1) is 17.1 Å². The monoisotopic (exact) mass is 235 g/mol. The van der Waals surface area contributed by atoms with Crippen molar-refractivity contribution in [1.82, 2.24) is 15.2 Å². The van der Waals surface area contributed by atoms with Gasteiger partial charge in [0.2, 0.25) is 11.8 Å². The van der Waals surface area contributed by atoms with Gasteiger partial charge in [-0.25, -0.2) is 0 Å². The van der Waals surface area contributed by atoms with E-state index in [4.69, 9.17) is 10.5 Å². The fourth-order valence-electron chi connectivity index (χ4n) is 1.22. The minimum atomic E-state index is -0.569. The van der Waals surface area contributed by atoms with Gasteiger partial charge in [-0.05, 0) is 6.92 Å². The molecule has 17 heavy (non-hydrogen) atoms. The lowest BCUT2D eigenvalue weighted by atomic mass is 10.4. The number of nitrogens with two attached hydrogens (primary N) is 1. The molecule has 0 atom stereocenters. The first-order valence-corrected chi connectivity index (χ1v) is 4.66. The molecule has 0 saturated carbocycles. The molecule has 2 aromatic heterocycles. The maximum atomic E-state index is 10.6. The van der Waals surface area contributed by atoms with Crippen LogP contribution in [0.25, 0.3) is 0 Å². The SMILES string of the molecule is Cc1cc(Oc2cc([N+](=O)[O-])cc(N)n2)n[nH]1. The molecule has 2 heterocycles. The number of nitro groups is 1. The van der Waals surface area contributed by atoms with Gasteiger partial charge in [-0.15, -0.1) is 5.10 Å². The third-order valence-corrected chi connectivity index (χ3v) is 1.91. The van der Waals surface area contributed by atoms with Crippen LogP contribution in [0.15, 0.2) is 18.2 Å². The predicted molar refractivity (Wildman–Crippen MR) is 58.7 cm³/mol. The summed E-state index contributed by atoms with van der Waals surface area (Å²) < 4.78 is 5.23. The van der Waals surface area contributed by atoms with Crippen LogP contribution in [0.2, 0.25) is 0 Å². The topological polar surface area (TPSA) is 120 Å². The number of nitrogens with one attached hydrogen (secondary N) is 1. The Labute approximate surface area is 95.6 Å². The second-order valence-electron chi connectivity index (χ2n) is 3.34. The lowest BCUT2D eigenvalue weighted by molar-refractivity contribution is -0.384. The number of nitrogen functional groups attached to an aromatic ring is 1. The van der Waals surface area contributed by atoms with Crippen molar-refractivity contribution in [3.8, 4) is 11.8 Å². The molecule has 2 rings (SSSR count). The van der Waals surface area contributed by atoms with E-state index in [1.54, 1.807) is 13.0 Å². The van der Waals surface area contributed by atoms with E-state index in [0.29, 0.717) is 0 Å². The van der Waals surface area contributed by atoms with Gasteiger partial charge in [-0.2, -0.15) is 4.98 Å². The Morgan fingerprint density at radius 2 is 2.18 bits per heavy atom. The molecule has 0 aliphatic heterocycles. The maximum absolute atomic E-state index is 10.6. The van der Waals surface area contributed by atoms with Crippen molar-refractivity contribution in [3.63, 3.8) is 0 Å². The Hall–Kier alpha value is -2.64. The summed E-state index contributed by atoms with van der Waals surface area (Å²) in [6.07, 6.45) is 0. The Kier molecular flexibility index (Phi) is 2.61. The zero-order chi connectivity index (χ0) is 12.4. The van der Waals surface area contributed by atoms with Crippen LogP contribution in [0.3, 0.4) is 0 Å². The van der Waals surface area contributed by atoms with Crippen molar-refractivity contribution >= 4 is 11.5 Å². The third-order valence-electron chi connectivity index (χ3n) is 1.91. The highest BCUT2D eigenvalue weighted by Gasteiger charge is 2.12. The first kappa shape index (κ1) is 10.9. The van der Waals surface area contributed by atoms with E-state index >= 15 is 0 Å². The van der Waals surface area contributed by atoms with Gasteiger partial charge >= 0.3 is 0 Å². The average molecular weight is 235 g/mol. The number of hydrogen-bond donors (Lipinski definition) is 2. The van der Waals surface area contributed by atoms with Gasteiger partial charge < -0.3 is 10.5 Å². The van der Waals surface area contributed by atoms with Crippen LogP contribution in [0.1, 0.15) is 5.69 Å². The fraction of sp³-hybridized carbons (Fsp3) is 0.111. The zero-order valence-electron chi connectivity index (χ0n) is 8.88. The minimum absolute atomic E-state index is 0.0152. The maximum Gasteiger partial charge on any atom is 0.278 e. The van der Waals surface area contributed by atoms with E-state index in [1.165, 1.54) is 6.07 Å². The van der Waals surface area contributed by atoms with Crippen LogP contribution in [0, 0.1) is 17.0 Å². The third kappa shape index (κ3) is 2.48. The predicted octanol–water partition coefficient (Wildman–Crippen LogP) is 1.40. The molecule has 88 valence electrons. The summed E-state index contributed by atoms with van der Waals surface area (Å²) in [5.41, 5.74) is 6.06. The second-order valence-corrected chi connectivity index (χ2v) is 3.34. The van der Waals surface area contributed by atoms with Crippen LogP contribution < -0.4 is 10.5 Å². The number of aromatic nitrogens is 3. The van der Waals surface area contributed by atoms with E-state index in [1.807, 2.05) is 0 Å². The standard InChI is InChI=1S/C9H9N5O3/c1-5-2-9(13-12-5)17-8-4-6(14(15)16)3-7(10)11-8/h2-4H,1H3,(H2,10,11)(H,12,13). The van der Waals surface area contributed by atoms with Gasteiger partial charge in [-0.3, -0.25) is 15.2 Å². The van der Waals surface area contributed by atoms with Gasteiger partial charge in [-0.1, -0.05) is 0 Å². The number of anilines is 1. The van der Waals surface area contributed by atoms with Crippen LogP contribution in [-0.4, -0.2) is 20.1 Å². The first-order valence-electron chi connectivity index (χ1n) is 4.66. The van der Waals surface area contributed by atoms with Gasteiger partial charge in [0.25, 0.3) is 5.69 Å². The quantitative estimate of drug-likeness (QED) is 0.612. The molecule has 8 nitrogen and oxygen atoms in total. The van der Waals surface area contributed by atoms with Crippen LogP contribution >= 0.6 is 0 Å². The number of H-pyrrole nitrogens is 1. The molecule has 0 aliphatic rings. The minimum Gasteiger partial charge on any atom is -0.419 e. The molecular weight excluding hydrogens is 226 g/mol. The number of ether oxygens (including phenoxy) is 1. The number of hydrogen-bond acceptors (Lipinski definition) is 6. The molecule has 0 amide bonds. The normalized spacial score (nSPS) is 10.2. The van der Waals surface area contributed by atoms with Crippen LogP contribution in [0.5, 0.6) is 11.8 Å². The lowest BCUT2D eigenvalue weighted by Crippen LogP contribution is -1.97. The number of rotatable bonds is 3. The highest BCUT2D eigenvalue weighted by atomic mass is 16.6. The Balaban J connectivity index is 2.29. The van der Waals surface area contributed by atoms with E-state index in [0.717, 1.165) is 11.8 Å². The molecule has 0 fully saturated rings. The molecule has 8 heteroatoms. The van der Waals surface area contributed by atoms with E-state index in [2.05, 4.69) is 15.2 Å². The highest BCUT2D eigenvalue weighted by molar-refractivity contribution is 5.45. The number of nitrogens with zero attached hydrogens (tertiary/aromatic N) is 3. The lowest BCUT2D eigenvalue weighted by Gasteiger charge is -2.01. The number of pyridine rings is 1. The Morgan fingerprint density at radius 3 is 2.76 bits per heavy atom. The molecule has 2 aromatic rings. The highest BCUT2D eigenvalue weighted by Crippen LogP contribution is 2.24. The molecular formula is C9H9N5O3. The number of aryl methyl sites for hydroxylation is 1. The molecule has 0 aromatic carbocycles. The summed E-state index contributed by atoms with van der Waals surface area (Å²) in [6, 6.07) is 3.97. The van der Waals surface area contributed by atoms with E-state index in [9.17, 15) is 10.1 Å². The van der Waals surface area contributed by atoms with Crippen molar-refractivity contribution in [2.45, 2.75) is 6.92 Å². The summed E-state index contributed by atoms with van der Waals surface area (Å²) in [6.45, 7) is 1.80. The molecule has 0 radical (unpaired) electrons. The van der Waals surface area contributed by atoms with Gasteiger partial charge in [0.15, 0.2) is 0 Å². The van der Waals surface area contributed by atoms with Crippen molar-refractivity contribution < 1.29 is 9.66 Å². The molecule has 0 spiro atoms. The summed E-state index contributed by atoms with van der Waals surface area (Å²) in [5, 5.41) is 17.1. The zero-order valence-corrected chi connectivity index (χ0v) is 8.88. The summed E-state index contributed by atoms with van der Waals surface area (Å²) in [7, 11) is 0. The summed E-state index contributed by atoms with van der Waals surface area (Å²) >= 11 is 0. The van der Waals surface area contributed by atoms with Crippen molar-refractivity contribution in [1.29, 1.82) is 0 Å². The summed E-state index contributed by atoms with van der Waals surface area (Å²) in [5.74, 6) is 0.319. The smallest absolute Gasteiger partial charge is 0.278 e. The second kappa shape index (κ2) is 4.08. The van der Waals surface area contributed by atoms with Crippen molar-refractivity contribution in [2.75, 3.05) is 5.73 Å². The van der Waals surface area contributed by atoms with Gasteiger partial charge in [0, 0.05) is 11.8 Å². The van der Waals surface area contributed by atoms with Gasteiger partial charge in [0.1, 0.15) is 5.82 Å². The first-order chi connectivity index (χ1) is 8.04. The Morgan fingerprint density at radius 1 is 1.41 bits per heavy atom. The van der Waals surface area contributed by atoms with Crippen molar-refractivity contribution in [2.24, 2.45) is 0 Å². The Bertz CT molecular complexity index is 566. The molecule has 0 bridgehead atoms. The number of aromatic amines is 1. The van der Waals surface area contributed by atoms with E-state index in [-0.39, 0.29) is 23.3 Å². The average Bonchev–Trinajstić information content (AvgIpc) is 2.63. The molecule has 0 aliphatic carbocycles. The van der Waals surface area contributed by atoms with Crippen LogP contribution in [0.4, 0.5) is 11.5 Å².